The topological polar surface area (TPSA) is 26.0 Å². The first-order valence-corrected chi connectivity index (χ1v) is 6.27. The van der Waals surface area contributed by atoms with E-state index in [0.29, 0.717) is 0 Å². The predicted molar refractivity (Wildman–Crippen MR) is 62.1 cm³/mol. The van der Waals surface area contributed by atoms with E-state index < -0.39 is 0 Å². The lowest BCUT2D eigenvalue weighted by atomic mass is 10.0. The summed E-state index contributed by atoms with van der Waals surface area (Å²) in [7, 11) is 0. The van der Waals surface area contributed by atoms with Gasteiger partial charge >= 0.3 is 0 Å². The van der Waals surface area contributed by atoms with Crippen LogP contribution in [0.3, 0.4) is 0 Å². The third-order valence-corrected chi connectivity index (χ3v) is 4.19. The number of nitrogens with two attached hydrogens (primary N) is 1. The van der Waals surface area contributed by atoms with E-state index in [4.69, 9.17) is 5.73 Å². The SMILES string of the molecule is C=C(C)C(N)CSC1CCCCC1. The standard InChI is InChI=1S/C11H21NS/c1-9(2)11(12)8-13-10-6-4-3-5-7-10/h10-11H,1,3-8,12H2,2H3. The van der Waals surface area contributed by atoms with Crippen molar-refractivity contribution >= 4 is 11.8 Å². The number of hydrogen-bond donors (Lipinski definition) is 1. The molecule has 0 aromatic heterocycles. The van der Waals surface area contributed by atoms with E-state index in [0.717, 1.165) is 16.6 Å². The van der Waals surface area contributed by atoms with Gasteiger partial charge in [0.25, 0.3) is 0 Å². The van der Waals surface area contributed by atoms with E-state index in [-0.39, 0.29) is 6.04 Å². The molecule has 1 aliphatic rings. The molecule has 1 atom stereocenters. The average Bonchev–Trinajstić information content (AvgIpc) is 2.15. The van der Waals surface area contributed by atoms with Crippen molar-refractivity contribution in [1.29, 1.82) is 0 Å². The molecule has 1 aliphatic carbocycles. The van der Waals surface area contributed by atoms with Gasteiger partial charge in [-0.1, -0.05) is 31.4 Å². The minimum absolute atomic E-state index is 0.201. The molecule has 0 aromatic carbocycles. The summed E-state index contributed by atoms with van der Waals surface area (Å²) < 4.78 is 0. The smallest absolute Gasteiger partial charge is 0.0340 e. The zero-order chi connectivity index (χ0) is 9.68. The highest BCUT2D eigenvalue weighted by molar-refractivity contribution is 7.99. The normalized spacial score (nSPS) is 21.4. The Kier molecular flexibility index (Phi) is 4.89. The van der Waals surface area contributed by atoms with Gasteiger partial charge in [-0.25, -0.2) is 0 Å². The van der Waals surface area contributed by atoms with E-state index >= 15 is 0 Å². The van der Waals surface area contributed by atoms with Crippen molar-refractivity contribution in [3.63, 3.8) is 0 Å². The van der Waals surface area contributed by atoms with Crippen molar-refractivity contribution in [3.05, 3.63) is 12.2 Å². The third kappa shape index (κ3) is 4.19. The number of rotatable bonds is 4. The van der Waals surface area contributed by atoms with E-state index in [1.165, 1.54) is 32.1 Å². The second kappa shape index (κ2) is 5.71. The largest absolute Gasteiger partial charge is 0.324 e. The van der Waals surface area contributed by atoms with Crippen molar-refractivity contribution in [2.24, 2.45) is 5.73 Å². The maximum absolute atomic E-state index is 5.91. The van der Waals surface area contributed by atoms with Crippen LogP contribution >= 0.6 is 11.8 Å². The zero-order valence-electron chi connectivity index (χ0n) is 8.59. The van der Waals surface area contributed by atoms with Crippen molar-refractivity contribution in [2.75, 3.05) is 5.75 Å². The van der Waals surface area contributed by atoms with E-state index in [1.807, 2.05) is 18.7 Å². The maximum Gasteiger partial charge on any atom is 0.0340 e. The maximum atomic E-state index is 5.91. The summed E-state index contributed by atoms with van der Waals surface area (Å²) in [6.45, 7) is 5.90. The first-order chi connectivity index (χ1) is 6.20. The van der Waals surface area contributed by atoms with Crippen LogP contribution in [0.2, 0.25) is 0 Å². The molecule has 76 valence electrons. The summed E-state index contributed by atoms with van der Waals surface area (Å²) in [4.78, 5) is 0. The molecule has 1 rings (SSSR count). The Hall–Kier alpha value is 0.0500. The van der Waals surface area contributed by atoms with Gasteiger partial charge < -0.3 is 5.73 Å². The highest BCUT2D eigenvalue weighted by Crippen LogP contribution is 2.28. The second-order valence-electron chi connectivity index (χ2n) is 4.05. The molecule has 0 aliphatic heterocycles. The van der Waals surface area contributed by atoms with Gasteiger partial charge in [-0.2, -0.15) is 11.8 Å². The Bertz CT molecular complexity index is 161. The molecule has 1 nitrogen and oxygen atoms in total. The number of hydrogen-bond acceptors (Lipinski definition) is 2. The van der Waals surface area contributed by atoms with Crippen LogP contribution in [0.5, 0.6) is 0 Å². The van der Waals surface area contributed by atoms with Crippen LogP contribution in [0.1, 0.15) is 39.0 Å². The highest BCUT2D eigenvalue weighted by atomic mass is 32.2. The molecule has 1 unspecified atom stereocenters. The van der Waals surface area contributed by atoms with Gasteiger partial charge in [0.15, 0.2) is 0 Å². The fraction of sp³-hybridized carbons (Fsp3) is 0.818. The van der Waals surface area contributed by atoms with E-state index in [9.17, 15) is 0 Å². The molecule has 0 spiro atoms. The quantitative estimate of drug-likeness (QED) is 0.704. The van der Waals surface area contributed by atoms with Crippen molar-refractivity contribution in [1.82, 2.24) is 0 Å². The molecular formula is C11H21NS. The summed E-state index contributed by atoms with van der Waals surface area (Å²) in [6, 6.07) is 0.201. The predicted octanol–water partition coefficient (Wildman–Crippen LogP) is 2.96. The van der Waals surface area contributed by atoms with Crippen LogP contribution < -0.4 is 5.73 Å². The van der Waals surface area contributed by atoms with Gasteiger partial charge in [0.2, 0.25) is 0 Å². The monoisotopic (exact) mass is 199 g/mol. The molecule has 0 radical (unpaired) electrons. The van der Waals surface area contributed by atoms with Crippen LogP contribution in [0.25, 0.3) is 0 Å². The van der Waals surface area contributed by atoms with Gasteiger partial charge in [0.1, 0.15) is 0 Å². The van der Waals surface area contributed by atoms with Gasteiger partial charge in [-0.15, -0.1) is 0 Å². The molecule has 13 heavy (non-hydrogen) atoms. The minimum atomic E-state index is 0.201. The van der Waals surface area contributed by atoms with Crippen molar-refractivity contribution in [3.8, 4) is 0 Å². The Morgan fingerprint density at radius 3 is 2.62 bits per heavy atom. The molecule has 1 saturated carbocycles. The summed E-state index contributed by atoms with van der Waals surface area (Å²) in [5, 5.41) is 0.874. The molecule has 0 heterocycles. The van der Waals surface area contributed by atoms with Gasteiger partial charge in [0.05, 0.1) is 0 Å². The lowest BCUT2D eigenvalue weighted by Crippen LogP contribution is -2.25. The Balaban J connectivity index is 2.13. The van der Waals surface area contributed by atoms with Gasteiger partial charge in [0, 0.05) is 17.0 Å². The molecule has 0 amide bonds. The molecule has 2 heteroatoms. The second-order valence-corrected chi connectivity index (χ2v) is 5.38. The molecule has 2 N–H and O–H groups in total. The highest BCUT2D eigenvalue weighted by Gasteiger charge is 2.14. The zero-order valence-corrected chi connectivity index (χ0v) is 9.41. The van der Waals surface area contributed by atoms with Crippen LogP contribution in [0.15, 0.2) is 12.2 Å². The molecular weight excluding hydrogens is 178 g/mol. The van der Waals surface area contributed by atoms with E-state index in [2.05, 4.69) is 6.58 Å². The number of thioether (sulfide) groups is 1. The Morgan fingerprint density at radius 1 is 1.46 bits per heavy atom. The van der Waals surface area contributed by atoms with Crippen LogP contribution in [-0.2, 0) is 0 Å². The summed E-state index contributed by atoms with van der Waals surface area (Å²) in [5.74, 6) is 1.06. The third-order valence-electron chi connectivity index (χ3n) is 2.70. The molecule has 0 saturated heterocycles. The summed E-state index contributed by atoms with van der Waals surface area (Å²) in [6.07, 6.45) is 7.06. The van der Waals surface area contributed by atoms with Crippen molar-refractivity contribution < 1.29 is 0 Å². The fourth-order valence-corrected chi connectivity index (χ4v) is 3.04. The summed E-state index contributed by atoms with van der Waals surface area (Å²) >= 11 is 2.05. The Morgan fingerprint density at radius 2 is 2.08 bits per heavy atom. The van der Waals surface area contributed by atoms with Crippen LogP contribution in [0, 0.1) is 0 Å². The van der Waals surface area contributed by atoms with Gasteiger partial charge in [-0.3, -0.25) is 0 Å². The molecule has 0 bridgehead atoms. The Labute approximate surface area is 86.2 Å². The fourth-order valence-electron chi connectivity index (χ4n) is 1.61. The first kappa shape index (κ1) is 11.1. The first-order valence-electron chi connectivity index (χ1n) is 5.22. The van der Waals surface area contributed by atoms with Crippen molar-refractivity contribution in [2.45, 2.75) is 50.3 Å². The van der Waals surface area contributed by atoms with Crippen LogP contribution in [0.4, 0.5) is 0 Å². The lowest BCUT2D eigenvalue weighted by molar-refractivity contribution is 0.515. The van der Waals surface area contributed by atoms with Gasteiger partial charge in [-0.05, 0) is 19.8 Å². The lowest BCUT2D eigenvalue weighted by Gasteiger charge is -2.22. The van der Waals surface area contributed by atoms with Crippen LogP contribution in [-0.4, -0.2) is 17.0 Å². The average molecular weight is 199 g/mol. The van der Waals surface area contributed by atoms with E-state index in [1.54, 1.807) is 0 Å². The molecule has 1 fully saturated rings. The molecule has 0 aromatic rings. The minimum Gasteiger partial charge on any atom is -0.324 e. The summed E-state index contributed by atoms with van der Waals surface area (Å²) in [5.41, 5.74) is 7.03.